The van der Waals surface area contributed by atoms with Crippen molar-refractivity contribution in [2.75, 3.05) is 0 Å². The molecule has 0 N–H and O–H groups in total. The maximum Gasteiger partial charge on any atom is 2.00 e. The fourth-order valence-electron chi connectivity index (χ4n) is 1.63. The predicted molar refractivity (Wildman–Crippen MR) is 47.9 cm³/mol. The van der Waals surface area contributed by atoms with Crippen LogP contribution in [0, 0.1) is 0 Å². The molecule has 0 atom stereocenters. The second-order valence-electron chi connectivity index (χ2n) is 3.50. The largest absolute Gasteiger partial charge is 2.00 e. The molecule has 3 heteroatoms. The topological polar surface area (TPSA) is 26.3 Å². The van der Waals surface area contributed by atoms with Gasteiger partial charge in [-0.25, -0.2) is 0 Å². The number of carbonyl (C=O) groups is 1. The van der Waals surface area contributed by atoms with Crippen molar-refractivity contribution in [3.8, 4) is 0 Å². The molecular weight excluding hydrogens is 208 g/mol. The van der Waals surface area contributed by atoms with Crippen LogP contribution in [0.5, 0.6) is 0 Å². The molecule has 76 valence electrons. The van der Waals surface area contributed by atoms with Crippen LogP contribution in [0.15, 0.2) is 0 Å². The van der Waals surface area contributed by atoms with Crippen molar-refractivity contribution >= 4 is 5.97 Å². The molecule has 0 radical (unpaired) electrons. The quantitative estimate of drug-likeness (QED) is 0.546. The minimum Gasteiger partial charge on any atom is -0.462 e. The van der Waals surface area contributed by atoms with Crippen LogP contribution >= 0.6 is 0 Å². The van der Waals surface area contributed by atoms with E-state index in [4.69, 9.17) is 4.74 Å². The van der Waals surface area contributed by atoms with E-state index in [0.29, 0.717) is 6.42 Å². The standard InChI is InChI=1S/C10H18O2.Fe/c1-2-6-10(11)12-9-7-4-3-5-8-9;/h9H,2-8H2,1H3;/q;+2. The van der Waals surface area contributed by atoms with Crippen molar-refractivity contribution in [2.45, 2.75) is 58.0 Å². The number of esters is 1. The third-order valence-electron chi connectivity index (χ3n) is 2.30. The van der Waals surface area contributed by atoms with Crippen LogP contribution in [0.3, 0.4) is 0 Å². The first kappa shape index (κ1) is 13.0. The SMILES string of the molecule is CCCC(=O)OC1CCCCC1.[Fe+2]. The Kier molecular flexibility index (Phi) is 7.39. The van der Waals surface area contributed by atoms with Crippen LogP contribution in [0.2, 0.25) is 0 Å². The summed E-state index contributed by atoms with van der Waals surface area (Å²) < 4.78 is 5.29. The molecule has 0 aromatic heterocycles. The molecule has 13 heavy (non-hydrogen) atoms. The average Bonchev–Trinajstić information content (AvgIpc) is 2.06. The van der Waals surface area contributed by atoms with Crippen molar-refractivity contribution in [2.24, 2.45) is 0 Å². The fourth-order valence-corrected chi connectivity index (χ4v) is 1.63. The second kappa shape index (κ2) is 7.40. The molecule has 0 aliphatic heterocycles. The van der Waals surface area contributed by atoms with Gasteiger partial charge in [-0.05, 0) is 32.1 Å². The van der Waals surface area contributed by atoms with E-state index in [1.165, 1.54) is 19.3 Å². The zero-order valence-corrected chi connectivity index (χ0v) is 9.30. The molecule has 0 amide bonds. The molecule has 0 spiro atoms. The van der Waals surface area contributed by atoms with Crippen molar-refractivity contribution in [3.63, 3.8) is 0 Å². The van der Waals surface area contributed by atoms with Crippen LogP contribution in [0.25, 0.3) is 0 Å². The maximum atomic E-state index is 11.1. The van der Waals surface area contributed by atoms with Crippen molar-refractivity contribution in [1.29, 1.82) is 0 Å². The average molecular weight is 226 g/mol. The summed E-state index contributed by atoms with van der Waals surface area (Å²) in [6.45, 7) is 2.00. The van der Waals surface area contributed by atoms with E-state index in [9.17, 15) is 4.79 Å². The Morgan fingerprint density at radius 2 is 1.92 bits per heavy atom. The minimum absolute atomic E-state index is 0. The second-order valence-corrected chi connectivity index (χ2v) is 3.50. The normalized spacial score (nSPS) is 17.6. The molecule has 1 saturated carbocycles. The van der Waals surface area contributed by atoms with Gasteiger partial charge in [0.25, 0.3) is 0 Å². The van der Waals surface area contributed by atoms with Gasteiger partial charge in [0, 0.05) is 6.42 Å². The number of hydrogen-bond donors (Lipinski definition) is 0. The summed E-state index contributed by atoms with van der Waals surface area (Å²) in [5.41, 5.74) is 0. The van der Waals surface area contributed by atoms with E-state index < -0.39 is 0 Å². The van der Waals surface area contributed by atoms with Gasteiger partial charge in [-0.1, -0.05) is 13.3 Å². The Hall–Kier alpha value is -0.0105. The maximum absolute atomic E-state index is 11.1. The molecule has 1 aliphatic carbocycles. The summed E-state index contributed by atoms with van der Waals surface area (Å²) in [7, 11) is 0. The summed E-state index contributed by atoms with van der Waals surface area (Å²) in [5, 5.41) is 0. The Morgan fingerprint density at radius 3 is 2.46 bits per heavy atom. The molecule has 0 bridgehead atoms. The van der Waals surface area contributed by atoms with E-state index in [1.54, 1.807) is 0 Å². The van der Waals surface area contributed by atoms with Gasteiger partial charge in [-0.3, -0.25) is 4.79 Å². The van der Waals surface area contributed by atoms with E-state index in [2.05, 4.69) is 0 Å². The van der Waals surface area contributed by atoms with E-state index >= 15 is 0 Å². The number of carbonyl (C=O) groups excluding carboxylic acids is 1. The molecule has 1 fully saturated rings. The third-order valence-corrected chi connectivity index (χ3v) is 2.30. The van der Waals surface area contributed by atoms with Gasteiger partial charge in [0.1, 0.15) is 6.10 Å². The van der Waals surface area contributed by atoms with Crippen LogP contribution in [0.1, 0.15) is 51.9 Å². The predicted octanol–water partition coefficient (Wildman–Crippen LogP) is 2.66. The van der Waals surface area contributed by atoms with Gasteiger partial charge >= 0.3 is 23.0 Å². The molecule has 0 aromatic rings. The molecule has 0 unspecified atom stereocenters. The summed E-state index contributed by atoms with van der Waals surface area (Å²) in [5.74, 6) is -0.00981. The Morgan fingerprint density at radius 1 is 1.31 bits per heavy atom. The summed E-state index contributed by atoms with van der Waals surface area (Å²) >= 11 is 0. The molecule has 0 heterocycles. The Bertz CT molecular complexity index is 142. The molecule has 2 nitrogen and oxygen atoms in total. The van der Waals surface area contributed by atoms with Gasteiger partial charge in [0.2, 0.25) is 0 Å². The van der Waals surface area contributed by atoms with Gasteiger partial charge in [-0.15, -0.1) is 0 Å². The minimum atomic E-state index is -0.00981. The van der Waals surface area contributed by atoms with Gasteiger partial charge in [-0.2, -0.15) is 0 Å². The van der Waals surface area contributed by atoms with Gasteiger partial charge in [0.05, 0.1) is 0 Å². The van der Waals surface area contributed by atoms with E-state index in [1.807, 2.05) is 6.92 Å². The summed E-state index contributed by atoms with van der Waals surface area (Å²) in [4.78, 5) is 11.1. The van der Waals surface area contributed by atoms with Crippen molar-refractivity contribution in [3.05, 3.63) is 0 Å². The van der Waals surface area contributed by atoms with Crippen LogP contribution < -0.4 is 0 Å². The monoisotopic (exact) mass is 226 g/mol. The van der Waals surface area contributed by atoms with Gasteiger partial charge in [0.15, 0.2) is 0 Å². The van der Waals surface area contributed by atoms with Gasteiger partial charge < -0.3 is 4.74 Å². The first-order chi connectivity index (χ1) is 5.83. The molecule has 0 aromatic carbocycles. The molecular formula is C10H18FeO2+2. The number of ether oxygens (including phenoxy) is 1. The van der Waals surface area contributed by atoms with Crippen LogP contribution in [-0.4, -0.2) is 12.1 Å². The van der Waals surface area contributed by atoms with Crippen LogP contribution in [-0.2, 0) is 26.6 Å². The van der Waals surface area contributed by atoms with Crippen molar-refractivity contribution in [1.82, 2.24) is 0 Å². The first-order valence-corrected chi connectivity index (χ1v) is 5.02. The number of hydrogen-bond acceptors (Lipinski definition) is 2. The smallest absolute Gasteiger partial charge is 0.462 e. The summed E-state index contributed by atoms with van der Waals surface area (Å²) in [6.07, 6.45) is 7.63. The van der Waals surface area contributed by atoms with E-state index in [0.717, 1.165) is 19.3 Å². The molecule has 0 saturated heterocycles. The molecule has 1 rings (SSSR count). The zero-order valence-electron chi connectivity index (χ0n) is 8.20. The van der Waals surface area contributed by atoms with Crippen molar-refractivity contribution < 1.29 is 26.6 Å². The Balaban J connectivity index is 0.00000144. The zero-order chi connectivity index (χ0) is 8.81. The summed E-state index contributed by atoms with van der Waals surface area (Å²) in [6, 6.07) is 0. The molecule has 1 aliphatic rings. The van der Waals surface area contributed by atoms with Crippen LogP contribution in [0.4, 0.5) is 0 Å². The van der Waals surface area contributed by atoms with E-state index in [-0.39, 0.29) is 29.1 Å². The fraction of sp³-hybridized carbons (Fsp3) is 0.900. The number of rotatable bonds is 3. The first-order valence-electron chi connectivity index (χ1n) is 5.02. The Labute approximate surface area is 90.9 Å². The third kappa shape index (κ3) is 5.32.